The number of benzene rings is 1. The van der Waals surface area contributed by atoms with E-state index in [1.807, 2.05) is 25.1 Å². The van der Waals surface area contributed by atoms with Crippen LogP contribution < -0.4 is 15.4 Å². The van der Waals surface area contributed by atoms with E-state index in [4.69, 9.17) is 4.74 Å². The van der Waals surface area contributed by atoms with E-state index in [0.29, 0.717) is 19.0 Å². The first kappa shape index (κ1) is 21.1. The number of guanidine groups is 1. The van der Waals surface area contributed by atoms with Gasteiger partial charge < -0.3 is 15.4 Å². The van der Waals surface area contributed by atoms with Crippen LogP contribution in [0.1, 0.15) is 18.1 Å². The molecule has 0 saturated carbocycles. The fourth-order valence-corrected chi connectivity index (χ4v) is 2.19. The molecule has 2 N–H and O–H groups in total. The van der Waals surface area contributed by atoms with E-state index in [0.717, 1.165) is 30.1 Å². The van der Waals surface area contributed by atoms with Crippen LogP contribution in [0.25, 0.3) is 0 Å². The van der Waals surface area contributed by atoms with Crippen molar-refractivity contribution in [1.29, 1.82) is 0 Å². The number of nitrogens with one attached hydrogen (secondary N) is 2. The largest absolute Gasteiger partial charge is 0.481 e. The molecule has 0 aliphatic heterocycles. The topological polar surface area (TPSA) is 58.5 Å². The van der Waals surface area contributed by atoms with Crippen molar-refractivity contribution in [2.45, 2.75) is 19.9 Å². The average molecular weight is 458 g/mol. The Morgan fingerprint density at radius 3 is 2.76 bits per heavy atom. The van der Waals surface area contributed by atoms with Crippen molar-refractivity contribution in [1.82, 2.24) is 15.6 Å². The molecule has 1 heterocycles. The molecule has 0 fully saturated rings. The molecule has 0 atom stereocenters. The molecule has 5 nitrogen and oxygen atoms in total. The summed E-state index contributed by atoms with van der Waals surface area (Å²) >= 11 is 0. The molecule has 1 aromatic heterocycles. The molecule has 0 radical (unpaired) electrons. The molecule has 2 rings (SSSR count). The van der Waals surface area contributed by atoms with Gasteiger partial charge in [0.25, 0.3) is 0 Å². The summed E-state index contributed by atoms with van der Waals surface area (Å²) in [6, 6.07) is 10.4. The van der Waals surface area contributed by atoms with Crippen LogP contribution in [-0.2, 0) is 13.0 Å². The molecule has 0 amide bonds. The van der Waals surface area contributed by atoms with Gasteiger partial charge in [0.2, 0.25) is 5.88 Å². The van der Waals surface area contributed by atoms with Crippen molar-refractivity contribution in [2.75, 3.05) is 20.2 Å². The molecule has 0 spiro atoms. The summed E-state index contributed by atoms with van der Waals surface area (Å²) in [5.41, 5.74) is 1.97. The van der Waals surface area contributed by atoms with Crippen LogP contribution in [0.3, 0.4) is 0 Å². The summed E-state index contributed by atoms with van der Waals surface area (Å²) < 4.78 is 18.3. The van der Waals surface area contributed by atoms with Crippen molar-refractivity contribution < 1.29 is 9.13 Å². The number of nitrogens with zero attached hydrogens (tertiary/aromatic N) is 2. The maximum absolute atomic E-state index is 13.2. The van der Waals surface area contributed by atoms with Gasteiger partial charge in [0.05, 0.1) is 13.7 Å². The van der Waals surface area contributed by atoms with Crippen LogP contribution >= 0.6 is 24.0 Å². The van der Waals surface area contributed by atoms with Crippen molar-refractivity contribution in [2.24, 2.45) is 4.99 Å². The Bertz CT molecular complexity index is 682. The third kappa shape index (κ3) is 7.68. The third-order valence-electron chi connectivity index (χ3n) is 3.37. The third-order valence-corrected chi connectivity index (χ3v) is 3.37. The van der Waals surface area contributed by atoms with Gasteiger partial charge in [-0.2, -0.15) is 0 Å². The predicted octanol–water partition coefficient (Wildman–Crippen LogP) is 3.15. The number of aliphatic imine (C=N–C) groups is 1. The van der Waals surface area contributed by atoms with Crippen molar-refractivity contribution in [3.05, 3.63) is 59.5 Å². The second-order valence-electron chi connectivity index (χ2n) is 5.21. The van der Waals surface area contributed by atoms with Gasteiger partial charge in [-0.25, -0.2) is 14.4 Å². The first-order valence-corrected chi connectivity index (χ1v) is 7.97. The molecule has 7 heteroatoms. The molecule has 136 valence electrons. The highest BCUT2D eigenvalue weighted by atomic mass is 127. The lowest BCUT2D eigenvalue weighted by atomic mass is 10.1. The lowest BCUT2D eigenvalue weighted by Gasteiger charge is -2.11. The number of hydrogen-bond donors (Lipinski definition) is 2. The number of pyridine rings is 1. The molecular formula is C18H24FIN4O. The lowest BCUT2D eigenvalue weighted by molar-refractivity contribution is 0.397. The number of hydrogen-bond acceptors (Lipinski definition) is 3. The van der Waals surface area contributed by atoms with Crippen LogP contribution in [0.4, 0.5) is 4.39 Å². The summed E-state index contributed by atoms with van der Waals surface area (Å²) in [7, 11) is 1.59. The summed E-state index contributed by atoms with van der Waals surface area (Å²) in [4.78, 5) is 8.62. The van der Waals surface area contributed by atoms with Crippen LogP contribution in [0.2, 0.25) is 0 Å². The van der Waals surface area contributed by atoms with Crippen molar-refractivity contribution >= 4 is 29.9 Å². The minimum Gasteiger partial charge on any atom is -0.481 e. The van der Waals surface area contributed by atoms with E-state index in [-0.39, 0.29) is 29.8 Å². The summed E-state index contributed by atoms with van der Waals surface area (Å²) in [6.07, 6.45) is 2.43. The Morgan fingerprint density at radius 1 is 1.20 bits per heavy atom. The molecule has 0 aliphatic carbocycles. The van der Waals surface area contributed by atoms with E-state index in [1.165, 1.54) is 6.07 Å². The highest BCUT2D eigenvalue weighted by molar-refractivity contribution is 14.0. The fraction of sp³-hybridized carbons (Fsp3) is 0.333. The van der Waals surface area contributed by atoms with Gasteiger partial charge in [-0.3, -0.25) is 0 Å². The first-order valence-electron chi connectivity index (χ1n) is 7.97. The highest BCUT2D eigenvalue weighted by Gasteiger charge is 2.00. The number of ether oxygens (including phenoxy) is 1. The van der Waals surface area contributed by atoms with Crippen LogP contribution in [-0.4, -0.2) is 31.1 Å². The summed E-state index contributed by atoms with van der Waals surface area (Å²) in [5.74, 6) is 1.09. The SMILES string of the molecule is CCNC(=NCc1ccnc(OC)c1)NCCc1cccc(F)c1.I. The Morgan fingerprint density at radius 2 is 2.04 bits per heavy atom. The van der Waals surface area contributed by atoms with Gasteiger partial charge in [0.15, 0.2) is 5.96 Å². The minimum atomic E-state index is -0.209. The van der Waals surface area contributed by atoms with Crippen LogP contribution in [0, 0.1) is 5.82 Å². The van der Waals surface area contributed by atoms with Crippen LogP contribution in [0.5, 0.6) is 5.88 Å². The Labute approximate surface area is 165 Å². The van der Waals surface area contributed by atoms with Crippen LogP contribution in [0.15, 0.2) is 47.6 Å². The number of halogens is 2. The molecule has 0 unspecified atom stereocenters. The molecule has 0 aliphatic rings. The quantitative estimate of drug-likeness (QED) is 0.381. The highest BCUT2D eigenvalue weighted by Crippen LogP contribution is 2.09. The van der Waals surface area contributed by atoms with Crippen molar-refractivity contribution in [3.63, 3.8) is 0 Å². The number of aromatic nitrogens is 1. The van der Waals surface area contributed by atoms with Gasteiger partial charge in [-0.1, -0.05) is 12.1 Å². The monoisotopic (exact) mass is 458 g/mol. The molecular weight excluding hydrogens is 434 g/mol. The number of methoxy groups -OCH3 is 1. The fourth-order valence-electron chi connectivity index (χ4n) is 2.19. The van der Waals surface area contributed by atoms with E-state index >= 15 is 0 Å². The molecule has 0 bridgehead atoms. The Balaban J connectivity index is 0.00000312. The normalized spacial score (nSPS) is 10.8. The molecule has 0 saturated heterocycles. The second kappa shape index (κ2) is 11.6. The van der Waals surface area contributed by atoms with E-state index in [9.17, 15) is 4.39 Å². The Kier molecular flexibility index (Phi) is 9.83. The molecule has 25 heavy (non-hydrogen) atoms. The standard InChI is InChI=1S/C18H23FN4O.HI/c1-3-20-18(22-10-7-14-5-4-6-16(19)11-14)23-13-15-8-9-21-17(12-15)24-2;/h4-6,8-9,11-12H,3,7,10,13H2,1-2H3,(H2,20,22,23);1H. The maximum Gasteiger partial charge on any atom is 0.213 e. The van der Waals surface area contributed by atoms with Gasteiger partial charge >= 0.3 is 0 Å². The molecule has 1 aromatic carbocycles. The minimum absolute atomic E-state index is 0. The second-order valence-corrected chi connectivity index (χ2v) is 5.21. The van der Waals surface area contributed by atoms with Gasteiger partial charge in [0, 0.05) is 25.4 Å². The predicted molar refractivity (Wildman–Crippen MR) is 109 cm³/mol. The average Bonchev–Trinajstić information content (AvgIpc) is 2.60. The van der Waals surface area contributed by atoms with Gasteiger partial charge in [-0.05, 0) is 42.7 Å². The smallest absolute Gasteiger partial charge is 0.213 e. The zero-order chi connectivity index (χ0) is 17.2. The first-order chi connectivity index (χ1) is 11.7. The van der Waals surface area contributed by atoms with E-state index in [2.05, 4.69) is 20.6 Å². The lowest BCUT2D eigenvalue weighted by Crippen LogP contribution is -2.38. The summed E-state index contributed by atoms with van der Waals surface area (Å²) in [6.45, 7) is 3.98. The molecule has 2 aromatic rings. The zero-order valence-electron chi connectivity index (χ0n) is 14.5. The van der Waals surface area contributed by atoms with E-state index < -0.39 is 0 Å². The van der Waals surface area contributed by atoms with Gasteiger partial charge in [-0.15, -0.1) is 24.0 Å². The Hall–Kier alpha value is -1.90. The number of rotatable bonds is 7. The van der Waals surface area contributed by atoms with Gasteiger partial charge in [0.1, 0.15) is 5.82 Å². The van der Waals surface area contributed by atoms with E-state index in [1.54, 1.807) is 25.4 Å². The summed E-state index contributed by atoms with van der Waals surface area (Å²) in [5, 5.41) is 6.45. The maximum atomic E-state index is 13.2. The van der Waals surface area contributed by atoms with Crippen molar-refractivity contribution in [3.8, 4) is 5.88 Å². The zero-order valence-corrected chi connectivity index (χ0v) is 16.8.